The van der Waals surface area contributed by atoms with Crippen molar-refractivity contribution in [1.29, 1.82) is 0 Å². The minimum Gasteiger partial charge on any atom is -0.469 e. The van der Waals surface area contributed by atoms with E-state index in [2.05, 4.69) is 45.3 Å². The molecule has 0 aliphatic heterocycles. The van der Waals surface area contributed by atoms with Gasteiger partial charge in [-0.1, -0.05) is 34.6 Å². The molecule has 5 nitrogen and oxygen atoms in total. The van der Waals surface area contributed by atoms with Gasteiger partial charge in [-0.05, 0) is 104 Å². The molecule has 35 heavy (non-hydrogen) atoms. The third kappa shape index (κ3) is 5.34. The Hall–Kier alpha value is -0.650. The average Bonchev–Trinajstić information content (AvgIpc) is 3.18. The number of rotatable bonds is 9. The molecule has 0 spiro atoms. The Bertz CT molecular complexity index is 728. The largest absolute Gasteiger partial charge is 0.469 e. The highest BCUT2D eigenvalue weighted by Gasteiger charge is 2.62. The van der Waals surface area contributed by atoms with Crippen molar-refractivity contribution in [2.24, 2.45) is 46.3 Å². The lowest BCUT2D eigenvalue weighted by atomic mass is 9.43. The van der Waals surface area contributed by atoms with E-state index >= 15 is 0 Å². The molecule has 4 aliphatic rings. The number of methoxy groups -OCH3 is 1. The number of hydrogen-bond donors (Lipinski definition) is 3. The van der Waals surface area contributed by atoms with Crippen LogP contribution < -0.4 is 10.6 Å². The highest BCUT2D eigenvalue weighted by molar-refractivity contribution is 5.69. The maximum Gasteiger partial charge on any atom is 0.305 e. The van der Waals surface area contributed by atoms with Crippen molar-refractivity contribution in [3.63, 3.8) is 0 Å². The molecule has 0 amide bonds. The molecular weight excluding hydrogens is 436 g/mol. The van der Waals surface area contributed by atoms with Crippen LogP contribution in [0.15, 0.2) is 0 Å². The topological polar surface area (TPSA) is 70.6 Å². The van der Waals surface area contributed by atoms with E-state index in [1.807, 2.05) is 0 Å². The van der Waals surface area contributed by atoms with Crippen molar-refractivity contribution in [2.45, 2.75) is 117 Å². The van der Waals surface area contributed by atoms with Crippen molar-refractivity contribution < 1.29 is 14.6 Å². The third-order valence-corrected chi connectivity index (χ3v) is 11.6. The summed E-state index contributed by atoms with van der Waals surface area (Å²) in [5.74, 6) is 3.79. The van der Waals surface area contributed by atoms with Gasteiger partial charge in [0.25, 0.3) is 0 Å². The Morgan fingerprint density at radius 2 is 1.69 bits per heavy atom. The molecular formula is C30H54N2O3. The molecule has 0 aromatic heterocycles. The third-order valence-electron chi connectivity index (χ3n) is 11.6. The lowest BCUT2D eigenvalue weighted by Gasteiger charge is -2.62. The zero-order chi connectivity index (χ0) is 25.4. The van der Waals surface area contributed by atoms with Gasteiger partial charge in [0.15, 0.2) is 0 Å². The van der Waals surface area contributed by atoms with E-state index in [-0.39, 0.29) is 17.5 Å². The number of aliphatic hydroxyl groups is 1. The first-order chi connectivity index (χ1) is 16.6. The number of hydrogen-bond acceptors (Lipinski definition) is 5. The van der Waals surface area contributed by atoms with E-state index in [1.54, 1.807) is 0 Å². The van der Waals surface area contributed by atoms with Gasteiger partial charge in [-0.2, -0.15) is 0 Å². The highest BCUT2D eigenvalue weighted by Crippen LogP contribution is 2.68. The van der Waals surface area contributed by atoms with Crippen LogP contribution in [0.4, 0.5) is 0 Å². The van der Waals surface area contributed by atoms with E-state index in [4.69, 9.17) is 4.74 Å². The molecule has 0 aromatic rings. The standard InChI is InChI=1S/C30H54N2O3/c1-19(2)31-15-16-32-21-11-13-30(5)25-12-14-29(4)23(20(3)7-10-28(34)35-6)8-9-24(29)22(25)18-27(33)26(30)17-21/h19-27,31-33H,7-18H2,1-6H3/t20-,21+,22?,23-,24?,25?,26+,27+,29-,30-/m1/s1. The van der Waals surface area contributed by atoms with Crippen molar-refractivity contribution in [3.8, 4) is 0 Å². The smallest absolute Gasteiger partial charge is 0.305 e. The van der Waals surface area contributed by atoms with Crippen LogP contribution in [0.1, 0.15) is 98.8 Å². The van der Waals surface area contributed by atoms with Crippen LogP contribution in [0, 0.1) is 46.3 Å². The molecule has 0 aromatic carbocycles. The number of carbonyl (C=O) groups is 1. The van der Waals surface area contributed by atoms with Crippen LogP contribution >= 0.6 is 0 Å². The summed E-state index contributed by atoms with van der Waals surface area (Å²) in [6, 6.07) is 1.08. The Morgan fingerprint density at radius 1 is 0.971 bits per heavy atom. The number of carbonyl (C=O) groups excluding carboxylic acids is 1. The van der Waals surface area contributed by atoms with Gasteiger partial charge < -0.3 is 20.5 Å². The number of fused-ring (bicyclic) bond motifs is 5. The monoisotopic (exact) mass is 490 g/mol. The minimum atomic E-state index is -0.155. The van der Waals surface area contributed by atoms with Gasteiger partial charge in [0.1, 0.15) is 0 Å². The number of aliphatic hydroxyl groups excluding tert-OH is 1. The lowest BCUT2D eigenvalue weighted by molar-refractivity contribution is -0.162. The molecule has 4 rings (SSSR count). The quantitative estimate of drug-likeness (QED) is 0.308. The molecule has 4 fully saturated rings. The fraction of sp³-hybridized carbons (Fsp3) is 0.967. The average molecular weight is 491 g/mol. The summed E-state index contributed by atoms with van der Waals surface area (Å²) in [4.78, 5) is 11.8. The fourth-order valence-corrected chi connectivity index (χ4v) is 9.75. The molecule has 202 valence electrons. The van der Waals surface area contributed by atoms with E-state index in [1.165, 1.54) is 45.6 Å². The lowest BCUT2D eigenvalue weighted by Crippen LogP contribution is -2.59. The zero-order valence-electron chi connectivity index (χ0n) is 23.4. The number of nitrogens with one attached hydrogen (secondary N) is 2. The van der Waals surface area contributed by atoms with Crippen molar-refractivity contribution in [2.75, 3.05) is 20.2 Å². The first kappa shape index (κ1) is 27.4. The van der Waals surface area contributed by atoms with Gasteiger partial charge in [0.2, 0.25) is 0 Å². The summed E-state index contributed by atoms with van der Waals surface area (Å²) >= 11 is 0. The molecule has 0 bridgehead atoms. The Balaban J connectivity index is 1.40. The summed E-state index contributed by atoms with van der Waals surface area (Å²) in [5.41, 5.74) is 0.647. The molecule has 0 saturated heterocycles. The second-order valence-corrected chi connectivity index (χ2v) is 13.6. The summed E-state index contributed by atoms with van der Waals surface area (Å²) in [7, 11) is 1.50. The Labute approximate surface area is 214 Å². The Kier molecular flexibility index (Phi) is 8.60. The van der Waals surface area contributed by atoms with Crippen molar-refractivity contribution in [1.82, 2.24) is 10.6 Å². The van der Waals surface area contributed by atoms with Crippen molar-refractivity contribution >= 4 is 5.97 Å². The van der Waals surface area contributed by atoms with E-state index in [9.17, 15) is 9.90 Å². The first-order valence-corrected chi connectivity index (χ1v) is 14.8. The molecule has 5 heteroatoms. The summed E-state index contributed by atoms with van der Waals surface area (Å²) < 4.78 is 4.91. The predicted molar refractivity (Wildman–Crippen MR) is 142 cm³/mol. The van der Waals surface area contributed by atoms with Crippen LogP contribution in [0.5, 0.6) is 0 Å². The normalized spacial score (nSPS) is 43.8. The summed E-state index contributed by atoms with van der Waals surface area (Å²) in [5, 5.41) is 18.8. The SMILES string of the molecule is COC(=O)CC[C@@H](C)[C@H]1CCC2C3C[C@H](O)[C@@H]4C[C@@H](NCCNC(C)C)CC[C@]4(C)C3CC[C@@]21C. The van der Waals surface area contributed by atoms with Crippen molar-refractivity contribution in [3.05, 3.63) is 0 Å². The van der Waals surface area contributed by atoms with Crippen LogP contribution in [0.25, 0.3) is 0 Å². The Morgan fingerprint density at radius 3 is 2.40 bits per heavy atom. The van der Waals surface area contributed by atoms with Gasteiger partial charge in [-0.25, -0.2) is 0 Å². The van der Waals surface area contributed by atoms with Crippen LogP contribution in [-0.4, -0.2) is 49.5 Å². The van der Waals surface area contributed by atoms with Gasteiger partial charge >= 0.3 is 5.97 Å². The second kappa shape index (κ2) is 11.0. The van der Waals surface area contributed by atoms with E-state index in [0.29, 0.717) is 47.6 Å². The molecule has 3 unspecified atom stereocenters. The van der Waals surface area contributed by atoms with Crippen LogP contribution in [0.2, 0.25) is 0 Å². The van der Waals surface area contributed by atoms with Crippen LogP contribution in [0.3, 0.4) is 0 Å². The fourth-order valence-electron chi connectivity index (χ4n) is 9.75. The van der Waals surface area contributed by atoms with Gasteiger partial charge in [-0.3, -0.25) is 4.79 Å². The molecule has 10 atom stereocenters. The molecule has 4 aliphatic carbocycles. The maximum atomic E-state index is 11.8. The zero-order valence-corrected chi connectivity index (χ0v) is 23.4. The minimum absolute atomic E-state index is 0.0732. The number of ether oxygens (including phenoxy) is 1. The predicted octanol–water partition coefficient (Wildman–Crippen LogP) is 5.16. The second-order valence-electron chi connectivity index (χ2n) is 13.6. The van der Waals surface area contributed by atoms with Gasteiger partial charge in [0, 0.05) is 31.6 Å². The molecule has 3 N–H and O–H groups in total. The molecule has 0 radical (unpaired) electrons. The molecule has 4 saturated carbocycles. The van der Waals surface area contributed by atoms with Crippen LogP contribution in [-0.2, 0) is 9.53 Å². The summed E-state index contributed by atoms with van der Waals surface area (Å²) in [6.07, 6.45) is 11.2. The summed E-state index contributed by atoms with van der Waals surface area (Å²) in [6.45, 7) is 13.9. The van der Waals surface area contributed by atoms with E-state index in [0.717, 1.165) is 44.2 Å². The highest BCUT2D eigenvalue weighted by atomic mass is 16.5. The first-order valence-electron chi connectivity index (χ1n) is 14.8. The van der Waals surface area contributed by atoms with E-state index < -0.39 is 0 Å². The van der Waals surface area contributed by atoms with Gasteiger partial charge in [0.05, 0.1) is 13.2 Å². The number of esters is 1. The maximum absolute atomic E-state index is 11.8. The molecule has 0 heterocycles. The van der Waals surface area contributed by atoms with Gasteiger partial charge in [-0.15, -0.1) is 0 Å².